The maximum atomic E-state index is 10.0. The predicted molar refractivity (Wildman–Crippen MR) is 116 cm³/mol. The van der Waals surface area contributed by atoms with Gasteiger partial charge >= 0.3 is 0 Å². The molecule has 1 fully saturated rings. The minimum atomic E-state index is 0.400. The van der Waals surface area contributed by atoms with Gasteiger partial charge in [0.25, 0.3) is 0 Å². The maximum absolute atomic E-state index is 10.0. The summed E-state index contributed by atoms with van der Waals surface area (Å²) in [6.07, 6.45) is 2.17. The molecule has 0 saturated carbocycles. The van der Waals surface area contributed by atoms with E-state index in [0.717, 1.165) is 42.6 Å². The van der Waals surface area contributed by atoms with Gasteiger partial charge in [0.1, 0.15) is 34.9 Å². The molecule has 1 aliphatic rings. The molecule has 4 rings (SSSR count). The molecule has 142 valence electrons. The normalized spacial score (nSPS) is 13.0. The Morgan fingerprint density at radius 2 is 1.52 bits per heavy atom. The van der Waals surface area contributed by atoms with Gasteiger partial charge in [-0.1, -0.05) is 48.5 Å². The zero-order valence-electron chi connectivity index (χ0n) is 16.3. The van der Waals surface area contributed by atoms with Crippen molar-refractivity contribution in [1.29, 1.82) is 10.5 Å². The first-order valence-electron chi connectivity index (χ1n) is 9.73. The van der Waals surface area contributed by atoms with Gasteiger partial charge in [0.2, 0.25) is 0 Å². The first-order chi connectivity index (χ1) is 14.3. The van der Waals surface area contributed by atoms with Crippen LogP contribution in [0.1, 0.15) is 24.0 Å². The fraction of sp³-hybridized carbons (Fsp3) is 0.208. The zero-order valence-corrected chi connectivity index (χ0v) is 16.3. The fourth-order valence-electron chi connectivity index (χ4n) is 3.90. The van der Waals surface area contributed by atoms with Crippen LogP contribution in [0.5, 0.6) is 0 Å². The third kappa shape index (κ3) is 3.39. The lowest BCUT2D eigenvalue weighted by molar-refractivity contribution is 0.934. The van der Waals surface area contributed by atoms with Crippen LogP contribution in [-0.2, 0) is 0 Å². The monoisotopic (exact) mass is 379 g/mol. The van der Waals surface area contributed by atoms with E-state index in [1.165, 1.54) is 0 Å². The Morgan fingerprint density at radius 3 is 2.17 bits per heavy atom. The van der Waals surface area contributed by atoms with Crippen molar-refractivity contribution in [2.24, 2.45) is 0 Å². The number of nitrogens with one attached hydrogen (secondary N) is 1. The molecule has 5 nitrogen and oxygen atoms in total. The Labute approximate surface area is 170 Å². The van der Waals surface area contributed by atoms with Crippen LogP contribution >= 0.6 is 0 Å². The van der Waals surface area contributed by atoms with E-state index in [4.69, 9.17) is 0 Å². The molecule has 3 aromatic rings. The van der Waals surface area contributed by atoms with Gasteiger partial charge in [0.15, 0.2) is 0 Å². The average molecular weight is 379 g/mol. The van der Waals surface area contributed by atoms with Gasteiger partial charge in [-0.3, -0.25) is 0 Å². The summed E-state index contributed by atoms with van der Waals surface area (Å²) in [5.41, 5.74) is 4.49. The van der Waals surface area contributed by atoms with Gasteiger partial charge in [-0.15, -0.1) is 0 Å². The summed E-state index contributed by atoms with van der Waals surface area (Å²) in [6.45, 7) is 1.75. The van der Waals surface area contributed by atoms with Crippen molar-refractivity contribution in [2.45, 2.75) is 12.8 Å². The standard InChI is InChI=1S/C24H21N5/c1-27-23-20(15-25)22(21(16-26)24(28-23)29-12-5-6-13-29)19-11-7-10-18(14-19)17-8-3-2-4-9-17/h2-4,7-11,14H,5-6,12-13H2,1H3,(H,27,28). The molecule has 5 heteroatoms. The molecule has 1 aromatic heterocycles. The van der Waals surface area contributed by atoms with Gasteiger partial charge in [-0.25, -0.2) is 4.98 Å². The molecule has 0 unspecified atom stereocenters. The molecule has 0 amide bonds. The first-order valence-corrected chi connectivity index (χ1v) is 9.73. The number of hydrogen-bond donors (Lipinski definition) is 1. The van der Waals surface area contributed by atoms with Crippen LogP contribution in [0.15, 0.2) is 54.6 Å². The molecule has 2 heterocycles. The van der Waals surface area contributed by atoms with E-state index in [1.807, 2.05) is 42.5 Å². The number of hydrogen-bond acceptors (Lipinski definition) is 5. The van der Waals surface area contributed by atoms with Crippen molar-refractivity contribution >= 4 is 11.6 Å². The van der Waals surface area contributed by atoms with E-state index >= 15 is 0 Å². The summed E-state index contributed by atoms with van der Waals surface area (Å²) in [7, 11) is 1.76. The van der Waals surface area contributed by atoms with Gasteiger partial charge in [-0.2, -0.15) is 10.5 Å². The Balaban J connectivity index is 1.97. The maximum Gasteiger partial charge on any atom is 0.149 e. The minimum absolute atomic E-state index is 0.400. The van der Waals surface area contributed by atoms with Crippen molar-refractivity contribution in [3.05, 3.63) is 65.7 Å². The van der Waals surface area contributed by atoms with Crippen molar-refractivity contribution in [3.63, 3.8) is 0 Å². The summed E-state index contributed by atoms with van der Waals surface area (Å²) >= 11 is 0. The first kappa shape index (κ1) is 18.5. The van der Waals surface area contributed by atoms with E-state index < -0.39 is 0 Å². The number of anilines is 2. The Bertz CT molecular complexity index is 1120. The zero-order chi connectivity index (χ0) is 20.2. The second-order valence-corrected chi connectivity index (χ2v) is 7.02. The molecule has 2 aromatic carbocycles. The lowest BCUT2D eigenvalue weighted by Gasteiger charge is -2.22. The van der Waals surface area contributed by atoms with Crippen LogP contribution in [-0.4, -0.2) is 25.1 Å². The van der Waals surface area contributed by atoms with E-state index in [-0.39, 0.29) is 0 Å². The Hall–Kier alpha value is -3.83. The number of pyridine rings is 1. The summed E-state index contributed by atoms with van der Waals surface area (Å²) in [6, 6.07) is 22.7. The molecular weight excluding hydrogens is 358 g/mol. The largest absolute Gasteiger partial charge is 0.372 e. The highest BCUT2D eigenvalue weighted by molar-refractivity contribution is 5.87. The smallest absolute Gasteiger partial charge is 0.149 e. The number of aromatic nitrogens is 1. The summed E-state index contributed by atoms with van der Waals surface area (Å²) in [5.74, 6) is 1.17. The SMILES string of the molecule is CNc1nc(N2CCCC2)c(C#N)c(-c2cccc(-c3ccccc3)c2)c1C#N. The second-order valence-electron chi connectivity index (χ2n) is 7.02. The molecule has 0 bridgehead atoms. The number of rotatable bonds is 4. The highest BCUT2D eigenvalue weighted by atomic mass is 15.2. The molecule has 29 heavy (non-hydrogen) atoms. The number of nitrogens with zero attached hydrogens (tertiary/aromatic N) is 4. The predicted octanol–water partition coefficient (Wildman–Crippen LogP) is 4.80. The van der Waals surface area contributed by atoms with Crippen LogP contribution < -0.4 is 10.2 Å². The summed E-state index contributed by atoms with van der Waals surface area (Å²) in [4.78, 5) is 6.80. The number of benzene rings is 2. The van der Waals surface area contributed by atoms with Gasteiger partial charge < -0.3 is 10.2 Å². The molecular formula is C24H21N5. The van der Waals surface area contributed by atoms with E-state index in [1.54, 1.807) is 7.05 Å². The molecule has 0 spiro atoms. The van der Waals surface area contributed by atoms with Crippen molar-refractivity contribution in [1.82, 2.24) is 4.98 Å². The third-order valence-corrected chi connectivity index (χ3v) is 5.30. The van der Waals surface area contributed by atoms with Gasteiger partial charge in [0.05, 0.1) is 0 Å². The van der Waals surface area contributed by atoms with Crippen LogP contribution in [0, 0.1) is 22.7 Å². The van der Waals surface area contributed by atoms with Crippen LogP contribution in [0.4, 0.5) is 11.6 Å². The third-order valence-electron chi connectivity index (χ3n) is 5.30. The molecule has 1 aliphatic heterocycles. The average Bonchev–Trinajstić information content (AvgIpc) is 3.33. The van der Waals surface area contributed by atoms with Gasteiger partial charge in [-0.05, 0) is 35.6 Å². The molecule has 1 N–H and O–H groups in total. The van der Waals surface area contributed by atoms with Crippen molar-refractivity contribution < 1.29 is 0 Å². The molecule has 1 saturated heterocycles. The fourth-order valence-corrected chi connectivity index (χ4v) is 3.90. The Morgan fingerprint density at radius 1 is 0.862 bits per heavy atom. The highest BCUT2D eigenvalue weighted by Gasteiger charge is 2.25. The minimum Gasteiger partial charge on any atom is -0.372 e. The Kier molecular flexibility index (Phi) is 5.14. The highest BCUT2D eigenvalue weighted by Crippen LogP contribution is 2.38. The van der Waals surface area contributed by atoms with E-state index in [2.05, 4.69) is 39.5 Å². The van der Waals surface area contributed by atoms with Gasteiger partial charge in [0, 0.05) is 25.7 Å². The van der Waals surface area contributed by atoms with Crippen LogP contribution in [0.2, 0.25) is 0 Å². The van der Waals surface area contributed by atoms with Crippen molar-refractivity contribution in [2.75, 3.05) is 30.4 Å². The summed E-state index contributed by atoms with van der Waals surface area (Å²) in [5, 5.41) is 23.0. The van der Waals surface area contributed by atoms with Crippen LogP contribution in [0.3, 0.4) is 0 Å². The molecule has 0 aliphatic carbocycles. The van der Waals surface area contributed by atoms with Crippen LogP contribution in [0.25, 0.3) is 22.3 Å². The van der Waals surface area contributed by atoms with E-state index in [0.29, 0.717) is 28.3 Å². The van der Waals surface area contributed by atoms with E-state index in [9.17, 15) is 10.5 Å². The summed E-state index contributed by atoms with van der Waals surface area (Å²) < 4.78 is 0. The topological polar surface area (TPSA) is 75.7 Å². The van der Waals surface area contributed by atoms with Crippen molar-refractivity contribution in [3.8, 4) is 34.4 Å². The molecule has 0 atom stereocenters. The number of nitriles is 2. The second kappa shape index (κ2) is 8.04. The lowest BCUT2D eigenvalue weighted by atomic mass is 9.93. The molecule has 0 radical (unpaired) electrons. The quantitative estimate of drug-likeness (QED) is 0.705. The lowest BCUT2D eigenvalue weighted by Crippen LogP contribution is -2.21.